The highest BCUT2D eigenvalue weighted by molar-refractivity contribution is 6.15. The molecule has 12 aromatic carbocycles. The molecule has 0 aliphatic heterocycles. The Morgan fingerprint density at radius 1 is 0.279 bits per heavy atom. The van der Waals surface area contributed by atoms with Crippen LogP contribution in [0.1, 0.15) is 33.4 Å². The van der Waals surface area contributed by atoms with E-state index in [9.17, 15) is 31.6 Å². The molecule has 0 N–H and O–H groups in total. The topological polar surface area (TPSA) is 205 Å². The number of hydrogen-bond donors (Lipinski definition) is 0. The lowest BCUT2D eigenvalue weighted by molar-refractivity contribution is 1.16. The van der Waals surface area contributed by atoms with E-state index in [0.29, 0.717) is 133 Å². The Balaban J connectivity index is 1.06. The van der Waals surface area contributed by atoms with Gasteiger partial charge in [0.1, 0.15) is 0 Å². The fourth-order valence-corrected chi connectivity index (χ4v) is 13.9. The molecule has 16 nitrogen and oxygen atoms in total. The van der Waals surface area contributed by atoms with E-state index in [1.54, 1.807) is 0 Å². The van der Waals surface area contributed by atoms with Gasteiger partial charge < -0.3 is 9.13 Å². The van der Waals surface area contributed by atoms with Gasteiger partial charge in [0.25, 0.3) is 0 Å². The standard InChI is InChI=1S/C88H38N16/c1-95-64-35-62(49-93)86(76(42-64)99-5)58-24-27-80-68(40-58)69-41-59(87-63(50-94)36-65(96-2)43-77(87)100-6)25-28-81(69)103(80)78-20-14-13-19-66(78)67-37-55(73-44-72(53-15-9-7-10-16-53)101-88(102-73)54-17-11-8-12-18-54)21-26-79(67)104-82-29-22-56(84-60(47-91)31-51(45-89)33-74(84)97-3)38-70(82)71-39-57(23-30-83(71)104)85-61(48-92)32-52(46-90)34-75(85)98-4/h7-44H. The number of nitriles is 6. The van der Waals surface area contributed by atoms with Crippen LogP contribution in [0, 0.1) is 107 Å². The molecule has 0 fully saturated rings. The van der Waals surface area contributed by atoms with E-state index in [1.165, 1.54) is 48.5 Å². The van der Waals surface area contributed by atoms with Crippen LogP contribution in [0.15, 0.2) is 231 Å². The van der Waals surface area contributed by atoms with Crippen LogP contribution in [0.2, 0.25) is 0 Å². The second-order valence-electron chi connectivity index (χ2n) is 24.0. The maximum absolute atomic E-state index is 10.7. The Morgan fingerprint density at radius 2 is 0.635 bits per heavy atom. The molecule has 3 aromatic heterocycles. The van der Waals surface area contributed by atoms with Crippen molar-refractivity contribution in [2.24, 2.45) is 0 Å². The molecule has 15 aromatic rings. The molecule has 3 heterocycles. The minimum atomic E-state index is 0.0930. The van der Waals surface area contributed by atoms with E-state index in [4.69, 9.17) is 49.4 Å². The zero-order chi connectivity index (χ0) is 71.9. The van der Waals surface area contributed by atoms with E-state index in [0.717, 1.165) is 11.1 Å². The summed E-state index contributed by atoms with van der Waals surface area (Å²) in [5.41, 5.74) is 13.7. The first kappa shape index (κ1) is 63.3. The van der Waals surface area contributed by atoms with Crippen molar-refractivity contribution in [1.29, 1.82) is 31.6 Å². The second kappa shape index (κ2) is 26.0. The van der Waals surface area contributed by atoms with Gasteiger partial charge in [0, 0.05) is 93.9 Å². The van der Waals surface area contributed by atoms with Gasteiger partial charge in [0.2, 0.25) is 0 Å². The molecule has 104 heavy (non-hydrogen) atoms. The van der Waals surface area contributed by atoms with Gasteiger partial charge in [-0.1, -0.05) is 121 Å². The van der Waals surface area contributed by atoms with Crippen molar-refractivity contribution < 1.29 is 0 Å². The molecule has 0 saturated heterocycles. The molecular weight excluding hydrogens is 1280 g/mol. The molecule has 0 aliphatic carbocycles. The van der Waals surface area contributed by atoms with Crippen LogP contribution < -0.4 is 0 Å². The highest BCUT2D eigenvalue weighted by Gasteiger charge is 2.27. The summed E-state index contributed by atoms with van der Waals surface area (Å²) in [4.78, 5) is 32.9. The van der Waals surface area contributed by atoms with Crippen LogP contribution >= 0.6 is 0 Å². The predicted octanol–water partition coefficient (Wildman–Crippen LogP) is 22.5. The third-order valence-corrected chi connectivity index (χ3v) is 18.4. The van der Waals surface area contributed by atoms with Gasteiger partial charge >= 0.3 is 0 Å². The molecule has 470 valence electrons. The average Bonchev–Trinajstić information content (AvgIpc) is 1.56. The fourth-order valence-electron chi connectivity index (χ4n) is 13.9. The van der Waals surface area contributed by atoms with E-state index in [-0.39, 0.29) is 67.5 Å². The third kappa shape index (κ3) is 10.6. The van der Waals surface area contributed by atoms with E-state index >= 15 is 0 Å². The molecule has 0 saturated carbocycles. The van der Waals surface area contributed by atoms with Crippen molar-refractivity contribution in [1.82, 2.24) is 19.1 Å². The molecular formula is C88H38N16. The lowest BCUT2D eigenvalue weighted by Gasteiger charge is -2.20. The molecule has 0 unspecified atom stereocenters. The zero-order valence-corrected chi connectivity index (χ0v) is 54.1. The summed E-state index contributed by atoms with van der Waals surface area (Å²) < 4.78 is 4.23. The number of aromatic nitrogens is 4. The van der Waals surface area contributed by atoms with Gasteiger partial charge in [-0.3, -0.25) is 0 Å². The minimum Gasteiger partial charge on any atom is -0.309 e. The van der Waals surface area contributed by atoms with Crippen molar-refractivity contribution in [3.8, 4) is 137 Å². The summed E-state index contributed by atoms with van der Waals surface area (Å²) in [6.07, 6.45) is 0. The summed E-state index contributed by atoms with van der Waals surface area (Å²) in [5, 5.41) is 65.3. The van der Waals surface area contributed by atoms with Crippen molar-refractivity contribution in [2.75, 3.05) is 0 Å². The van der Waals surface area contributed by atoms with Gasteiger partial charge in [-0.15, -0.1) is 0 Å². The maximum atomic E-state index is 10.7. The van der Waals surface area contributed by atoms with Crippen LogP contribution in [-0.4, -0.2) is 19.1 Å². The van der Waals surface area contributed by atoms with Crippen LogP contribution in [0.4, 0.5) is 34.1 Å². The SMILES string of the molecule is [C-]#[N+]c1cc(C#N)c(-c2ccc3c(c2)c2cc(-c4c(C#N)cc([N+]#[C-])cc4[N+]#[C-])ccc2n3-c2ccccc2-c2cc(-c3cc(-c4ccccc4)nc(-c4ccccc4)n3)ccc2-n2c3ccc(-c4c(C#N)cc(C#N)cc4[N+]#[C-])cc3c3cc(-c4c(C#N)cc(C#N)cc4[N+]#[C-])ccc32)c([N+]#[C-])c1. The lowest BCUT2D eigenvalue weighted by Crippen LogP contribution is -2.02. The maximum Gasteiger partial charge on any atom is 0.197 e. The second-order valence-corrected chi connectivity index (χ2v) is 24.0. The number of benzene rings is 12. The van der Waals surface area contributed by atoms with Crippen LogP contribution in [-0.2, 0) is 0 Å². The lowest BCUT2D eigenvalue weighted by atomic mass is 9.93. The summed E-state index contributed by atoms with van der Waals surface area (Å²) in [7, 11) is 0. The number of fused-ring (bicyclic) bond motifs is 6. The third-order valence-electron chi connectivity index (χ3n) is 18.4. The first-order valence-corrected chi connectivity index (χ1v) is 31.8. The van der Waals surface area contributed by atoms with E-state index < -0.39 is 0 Å². The first-order chi connectivity index (χ1) is 51.0. The largest absolute Gasteiger partial charge is 0.309 e. The molecule has 16 heteroatoms. The van der Waals surface area contributed by atoms with Crippen LogP contribution in [0.25, 0.3) is 174 Å². The monoisotopic (exact) mass is 1320 g/mol. The molecule has 0 radical (unpaired) electrons. The quantitative estimate of drug-likeness (QED) is 0.120. The molecule has 0 atom stereocenters. The molecule has 15 rings (SSSR count). The van der Waals surface area contributed by atoms with Gasteiger partial charge in [0.15, 0.2) is 39.9 Å². The molecule has 0 amide bonds. The number of rotatable bonds is 10. The summed E-state index contributed by atoms with van der Waals surface area (Å²) in [6, 6.07) is 82.9. The molecule has 0 aliphatic rings. The van der Waals surface area contributed by atoms with Gasteiger partial charge in [-0.05, 0) is 131 Å². The summed E-state index contributed by atoms with van der Waals surface area (Å²) >= 11 is 0. The van der Waals surface area contributed by atoms with Crippen molar-refractivity contribution in [3.05, 3.63) is 332 Å². The molecule has 0 bridgehead atoms. The summed E-state index contributed by atoms with van der Waals surface area (Å²) in [5.74, 6) is 0.484. The van der Waals surface area contributed by atoms with E-state index in [2.05, 4.69) is 80.7 Å². The van der Waals surface area contributed by atoms with Gasteiger partial charge in [-0.2, -0.15) is 31.6 Å². The Kier molecular flexibility index (Phi) is 15.8. The molecule has 0 spiro atoms. The predicted molar refractivity (Wildman–Crippen MR) is 400 cm³/mol. The zero-order valence-electron chi connectivity index (χ0n) is 54.1. The number of nitrogens with zero attached hydrogens (tertiary/aromatic N) is 16. The van der Waals surface area contributed by atoms with Gasteiger partial charge in [0.05, 0.1) is 132 Å². The highest BCUT2D eigenvalue weighted by Crippen LogP contribution is 2.49. The minimum absolute atomic E-state index is 0.0930. The number of hydrogen-bond acceptors (Lipinski definition) is 8. The summed E-state index contributed by atoms with van der Waals surface area (Å²) in [6.45, 7) is 48.8. The van der Waals surface area contributed by atoms with Crippen molar-refractivity contribution in [2.45, 2.75) is 0 Å². The van der Waals surface area contributed by atoms with Crippen molar-refractivity contribution in [3.63, 3.8) is 0 Å². The number of para-hydroxylation sites is 1. The normalized spacial score (nSPS) is 10.6. The fraction of sp³-hybridized carbons (Fsp3) is 0. The van der Waals surface area contributed by atoms with E-state index in [1.807, 2.05) is 176 Å². The Morgan fingerprint density at radius 3 is 1.03 bits per heavy atom. The highest BCUT2D eigenvalue weighted by atomic mass is 15.0. The Labute approximate surface area is 594 Å². The van der Waals surface area contributed by atoms with Crippen LogP contribution in [0.5, 0.6) is 0 Å². The first-order valence-electron chi connectivity index (χ1n) is 31.8. The Bertz CT molecular complexity index is 6390. The van der Waals surface area contributed by atoms with Crippen LogP contribution in [0.3, 0.4) is 0 Å². The van der Waals surface area contributed by atoms with Crippen molar-refractivity contribution >= 4 is 77.7 Å². The Hall–Kier alpha value is -16.8. The van der Waals surface area contributed by atoms with Gasteiger partial charge in [-0.25, -0.2) is 39.0 Å². The smallest absolute Gasteiger partial charge is 0.197 e. The average molecular weight is 1320 g/mol.